The molecule has 0 radical (unpaired) electrons. The van der Waals surface area contributed by atoms with Gasteiger partial charge in [0.15, 0.2) is 0 Å². The van der Waals surface area contributed by atoms with E-state index in [0.29, 0.717) is 28.6 Å². The summed E-state index contributed by atoms with van der Waals surface area (Å²) in [5.74, 6) is -0.301. The maximum atomic E-state index is 12.6. The molecule has 0 unspecified atom stereocenters. The highest BCUT2D eigenvalue weighted by Crippen LogP contribution is 2.30. The van der Waals surface area contributed by atoms with E-state index in [9.17, 15) is 9.59 Å². The minimum Gasteiger partial charge on any atom is -0.360 e. The highest BCUT2D eigenvalue weighted by Gasteiger charge is 2.25. The van der Waals surface area contributed by atoms with Crippen molar-refractivity contribution in [3.63, 3.8) is 0 Å². The number of carbonyl (C=O) groups is 2. The van der Waals surface area contributed by atoms with Gasteiger partial charge < -0.3 is 15.2 Å². The minimum atomic E-state index is -0.669. The highest BCUT2D eigenvalue weighted by atomic mass is 35.5. The van der Waals surface area contributed by atoms with Crippen LogP contribution < -0.4 is 10.6 Å². The van der Waals surface area contributed by atoms with Gasteiger partial charge in [-0.1, -0.05) is 41.9 Å². The molecule has 0 spiro atoms. The molecule has 24 heavy (non-hydrogen) atoms. The van der Waals surface area contributed by atoms with Gasteiger partial charge >= 0.3 is 0 Å². The molecule has 0 fully saturated rings. The zero-order valence-electron chi connectivity index (χ0n) is 13.9. The Labute approximate surface area is 145 Å². The number of aryl methyl sites for hydroxylation is 1. The highest BCUT2D eigenvalue weighted by molar-refractivity contribution is 6.33. The van der Waals surface area contributed by atoms with Crippen molar-refractivity contribution >= 4 is 23.4 Å². The molecule has 1 aromatic heterocycles. The van der Waals surface area contributed by atoms with E-state index in [4.69, 9.17) is 16.1 Å². The van der Waals surface area contributed by atoms with Crippen LogP contribution in [0.4, 0.5) is 0 Å². The molecule has 0 saturated carbocycles. The van der Waals surface area contributed by atoms with Crippen LogP contribution in [0.2, 0.25) is 5.02 Å². The normalized spacial score (nSPS) is 11.8. The third kappa shape index (κ3) is 3.94. The molecule has 2 N–H and O–H groups in total. The van der Waals surface area contributed by atoms with Crippen LogP contribution in [-0.2, 0) is 4.79 Å². The number of benzene rings is 1. The average Bonchev–Trinajstić information content (AvgIpc) is 2.94. The zero-order valence-corrected chi connectivity index (χ0v) is 14.6. The predicted molar refractivity (Wildman–Crippen MR) is 91.9 cm³/mol. The van der Waals surface area contributed by atoms with E-state index < -0.39 is 11.9 Å². The number of amides is 2. The van der Waals surface area contributed by atoms with E-state index in [-0.39, 0.29) is 11.5 Å². The number of aromatic nitrogens is 1. The number of rotatable bonds is 6. The molecule has 128 valence electrons. The van der Waals surface area contributed by atoms with Gasteiger partial charge in [0, 0.05) is 12.1 Å². The summed E-state index contributed by atoms with van der Waals surface area (Å²) in [6.45, 7) is 5.79. The molecule has 6 nitrogen and oxygen atoms in total. The van der Waals surface area contributed by atoms with Crippen molar-refractivity contribution in [1.29, 1.82) is 0 Å². The lowest BCUT2D eigenvalue weighted by Crippen LogP contribution is -2.45. The molecule has 7 heteroatoms. The Hall–Kier alpha value is -2.34. The minimum absolute atomic E-state index is 0.237. The molecule has 1 heterocycles. The van der Waals surface area contributed by atoms with Gasteiger partial charge in [0.1, 0.15) is 23.1 Å². The predicted octanol–water partition coefficient (Wildman–Crippen LogP) is 2.95. The molecular formula is C17H20ClN3O3. The number of carbonyl (C=O) groups excluding carboxylic acids is 2. The maximum absolute atomic E-state index is 12.6. The Kier molecular flexibility index (Phi) is 5.98. The summed E-state index contributed by atoms with van der Waals surface area (Å²) in [6.07, 6.45) is 0.827. The molecule has 0 bridgehead atoms. The smallest absolute Gasteiger partial charge is 0.257 e. The molecule has 0 saturated heterocycles. The summed E-state index contributed by atoms with van der Waals surface area (Å²) in [5.41, 5.74) is 1.24. The number of hydrogen-bond acceptors (Lipinski definition) is 4. The van der Waals surface area contributed by atoms with Crippen LogP contribution in [-0.4, -0.2) is 29.6 Å². The standard InChI is InChI=1S/C17H20ClN3O3/c1-4-9-19-16(22)10(2)20-17(23)14-11(3)24-21-15(14)12-7-5-6-8-13(12)18/h5-8,10H,4,9H2,1-3H3,(H,19,22)(H,20,23)/t10-/m1/s1. The third-order valence-corrected chi connectivity index (χ3v) is 3.84. The second-order valence-electron chi connectivity index (χ2n) is 5.43. The fraction of sp³-hybridized carbons (Fsp3) is 0.353. The summed E-state index contributed by atoms with van der Waals surface area (Å²) >= 11 is 6.18. The van der Waals surface area contributed by atoms with Crippen molar-refractivity contribution in [2.45, 2.75) is 33.2 Å². The van der Waals surface area contributed by atoms with Gasteiger partial charge in [0.05, 0.1) is 5.02 Å². The number of hydrogen-bond donors (Lipinski definition) is 2. The van der Waals surface area contributed by atoms with Gasteiger partial charge in [-0.15, -0.1) is 0 Å². The van der Waals surface area contributed by atoms with E-state index in [2.05, 4.69) is 15.8 Å². The first kappa shape index (κ1) is 18.0. The molecule has 1 atom stereocenters. The molecular weight excluding hydrogens is 330 g/mol. The maximum Gasteiger partial charge on any atom is 0.257 e. The molecule has 2 rings (SSSR count). The van der Waals surface area contributed by atoms with Gasteiger partial charge in [-0.2, -0.15) is 0 Å². The van der Waals surface area contributed by atoms with Crippen LogP contribution in [0.1, 0.15) is 36.4 Å². The van der Waals surface area contributed by atoms with E-state index in [1.54, 1.807) is 38.1 Å². The Morgan fingerprint density at radius 1 is 1.33 bits per heavy atom. The fourth-order valence-electron chi connectivity index (χ4n) is 2.21. The van der Waals surface area contributed by atoms with Crippen LogP contribution in [0, 0.1) is 6.92 Å². The Morgan fingerprint density at radius 3 is 2.71 bits per heavy atom. The topological polar surface area (TPSA) is 84.2 Å². The summed E-state index contributed by atoms with van der Waals surface area (Å²) in [7, 11) is 0. The summed E-state index contributed by atoms with van der Waals surface area (Å²) < 4.78 is 5.16. The van der Waals surface area contributed by atoms with E-state index in [0.717, 1.165) is 6.42 Å². The van der Waals surface area contributed by atoms with Crippen LogP contribution >= 0.6 is 11.6 Å². The van der Waals surface area contributed by atoms with Crippen LogP contribution in [0.3, 0.4) is 0 Å². The van der Waals surface area contributed by atoms with Crippen molar-refractivity contribution in [2.24, 2.45) is 0 Å². The number of nitrogens with zero attached hydrogens (tertiary/aromatic N) is 1. The zero-order chi connectivity index (χ0) is 17.7. The molecule has 0 aliphatic carbocycles. The largest absolute Gasteiger partial charge is 0.360 e. The van der Waals surface area contributed by atoms with E-state index in [1.807, 2.05) is 6.92 Å². The lowest BCUT2D eigenvalue weighted by molar-refractivity contribution is -0.122. The Balaban J connectivity index is 2.23. The van der Waals surface area contributed by atoms with Crippen molar-refractivity contribution in [3.05, 3.63) is 40.6 Å². The van der Waals surface area contributed by atoms with Crippen molar-refractivity contribution in [3.8, 4) is 11.3 Å². The average molecular weight is 350 g/mol. The fourth-order valence-corrected chi connectivity index (χ4v) is 2.44. The number of halogens is 1. The van der Waals surface area contributed by atoms with Crippen molar-refractivity contribution < 1.29 is 14.1 Å². The van der Waals surface area contributed by atoms with Crippen LogP contribution in [0.25, 0.3) is 11.3 Å². The lowest BCUT2D eigenvalue weighted by Gasteiger charge is -2.14. The molecule has 0 aliphatic heterocycles. The lowest BCUT2D eigenvalue weighted by atomic mass is 10.1. The van der Waals surface area contributed by atoms with Gasteiger partial charge in [0.25, 0.3) is 5.91 Å². The summed E-state index contributed by atoms with van der Waals surface area (Å²) in [4.78, 5) is 24.5. The molecule has 2 aromatic rings. The SMILES string of the molecule is CCCNC(=O)[C@@H](C)NC(=O)c1c(-c2ccccc2Cl)noc1C. The second-order valence-corrected chi connectivity index (χ2v) is 5.84. The van der Waals surface area contributed by atoms with Crippen LogP contribution in [0.5, 0.6) is 0 Å². The summed E-state index contributed by atoms with van der Waals surface area (Å²) in [5, 5.41) is 9.82. The van der Waals surface area contributed by atoms with Crippen molar-refractivity contribution in [2.75, 3.05) is 6.54 Å². The van der Waals surface area contributed by atoms with Gasteiger partial charge in [-0.25, -0.2) is 0 Å². The molecule has 2 amide bonds. The Morgan fingerprint density at radius 2 is 2.04 bits per heavy atom. The number of nitrogens with one attached hydrogen (secondary N) is 2. The quantitative estimate of drug-likeness (QED) is 0.839. The van der Waals surface area contributed by atoms with Crippen LogP contribution in [0.15, 0.2) is 28.8 Å². The Bertz CT molecular complexity index is 742. The van der Waals surface area contributed by atoms with Crippen molar-refractivity contribution in [1.82, 2.24) is 15.8 Å². The third-order valence-electron chi connectivity index (χ3n) is 3.51. The molecule has 1 aromatic carbocycles. The van der Waals surface area contributed by atoms with E-state index >= 15 is 0 Å². The van der Waals surface area contributed by atoms with Gasteiger partial charge in [-0.05, 0) is 26.3 Å². The second kappa shape index (κ2) is 7.97. The first-order valence-electron chi connectivity index (χ1n) is 7.75. The van der Waals surface area contributed by atoms with Gasteiger partial charge in [-0.3, -0.25) is 9.59 Å². The van der Waals surface area contributed by atoms with E-state index in [1.165, 1.54) is 0 Å². The monoisotopic (exact) mass is 349 g/mol. The first-order valence-corrected chi connectivity index (χ1v) is 8.13. The molecule has 0 aliphatic rings. The summed E-state index contributed by atoms with van der Waals surface area (Å²) in [6, 6.07) is 6.39. The first-order chi connectivity index (χ1) is 11.5. The van der Waals surface area contributed by atoms with Gasteiger partial charge in [0.2, 0.25) is 5.91 Å².